The van der Waals surface area contributed by atoms with E-state index in [4.69, 9.17) is 26.7 Å². The van der Waals surface area contributed by atoms with Crippen molar-refractivity contribution in [2.75, 3.05) is 14.2 Å². The summed E-state index contributed by atoms with van der Waals surface area (Å²) in [7, 11) is 3.19. The Morgan fingerprint density at radius 3 is 2.26 bits per heavy atom. The van der Waals surface area contributed by atoms with Crippen molar-refractivity contribution in [3.8, 4) is 11.5 Å². The van der Waals surface area contributed by atoms with E-state index in [0.717, 1.165) is 16.5 Å². The lowest BCUT2D eigenvalue weighted by Crippen LogP contribution is -3.00. The molecule has 2 rings (SSSR count). The Balaban J connectivity index is 0.00000264. The summed E-state index contributed by atoms with van der Waals surface area (Å²) in [6.45, 7) is 1.90. The number of ether oxygens (including phenoxy) is 2. The number of aliphatic imine (C=N–C) groups is 1. The van der Waals surface area contributed by atoms with E-state index in [9.17, 15) is 0 Å². The molecule has 0 unspecified atom stereocenters. The minimum absolute atomic E-state index is 0. The quantitative estimate of drug-likeness (QED) is 0.309. The van der Waals surface area contributed by atoms with Crippen LogP contribution in [0.1, 0.15) is 5.69 Å². The number of hydrogen-bond donors (Lipinski definition) is 3. The Bertz CT molecular complexity index is 771. The highest BCUT2D eigenvalue weighted by atomic mass is 35.5. The van der Waals surface area contributed by atoms with Crippen LogP contribution in [0.2, 0.25) is 0 Å². The first kappa shape index (κ1) is 18.3. The zero-order chi connectivity index (χ0) is 16.3. The molecule has 6 N–H and O–H groups in total. The molecular formula is C14H19ClN6O2. The number of nitrogens with zero attached hydrogens (tertiary/aromatic N) is 3. The molecule has 0 atom stereocenters. The zero-order valence-corrected chi connectivity index (χ0v) is 13.8. The summed E-state index contributed by atoms with van der Waals surface area (Å²) >= 11 is 0. The highest BCUT2D eigenvalue weighted by molar-refractivity contribution is 5.92. The molecule has 1 aromatic carbocycles. The van der Waals surface area contributed by atoms with Crippen molar-refractivity contribution in [1.82, 2.24) is 0 Å². The SMILES string of the molecule is COc1cc2cc[n+](/N=C(\N)N=C(N)N)c(C)c2cc1OC.[Cl-]. The summed E-state index contributed by atoms with van der Waals surface area (Å²) in [4.78, 5) is 3.69. The number of halogens is 1. The summed E-state index contributed by atoms with van der Waals surface area (Å²) in [5.41, 5.74) is 17.1. The van der Waals surface area contributed by atoms with Crippen molar-refractivity contribution < 1.29 is 26.6 Å². The Morgan fingerprint density at radius 2 is 1.70 bits per heavy atom. The molecule has 0 aliphatic rings. The number of benzene rings is 1. The van der Waals surface area contributed by atoms with Crippen molar-refractivity contribution in [3.05, 3.63) is 30.1 Å². The molecule has 9 heteroatoms. The maximum atomic E-state index is 5.66. The average Bonchev–Trinajstić information content (AvgIpc) is 2.48. The van der Waals surface area contributed by atoms with Crippen LogP contribution in [0.4, 0.5) is 0 Å². The summed E-state index contributed by atoms with van der Waals surface area (Å²) in [5.74, 6) is 1.12. The van der Waals surface area contributed by atoms with Crippen LogP contribution in [0.15, 0.2) is 34.5 Å². The first-order valence-electron chi connectivity index (χ1n) is 6.47. The van der Waals surface area contributed by atoms with Gasteiger partial charge in [-0.2, -0.15) is 4.99 Å². The molecule has 8 nitrogen and oxygen atoms in total. The lowest BCUT2D eigenvalue weighted by atomic mass is 10.1. The molecule has 124 valence electrons. The highest BCUT2D eigenvalue weighted by Gasteiger charge is 2.15. The lowest BCUT2D eigenvalue weighted by Gasteiger charge is -2.09. The van der Waals surface area contributed by atoms with Crippen LogP contribution >= 0.6 is 0 Å². The van der Waals surface area contributed by atoms with Gasteiger partial charge in [0.05, 0.1) is 19.6 Å². The van der Waals surface area contributed by atoms with Crippen LogP contribution in [0.25, 0.3) is 10.8 Å². The Morgan fingerprint density at radius 1 is 1.09 bits per heavy atom. The first-order valence-corrected chi connectivity index (χ1v) is 6.47. The average molecular weight is 339 g/mol. The third-order valence-corrected chi connectivity index (χ3v) is 3.14. The van der Waals surface area contributed by atoms with Gasteiger partial charge in [-0.3, -0.25) is 0 Å². The predicted molar refractivity (Wildman–Crippen MR) is 84.8 cm³/mol. The van der Waals surface area contributed by atoms with Crippen LogP contribution in [-0.4, -0.2) is 26.1 Å². The second-order valence-electron chi connectivity index (χ2n) is 4.54. The van der Waals surface area contributed by atoms with Crippen molar-refractivity contribution in [2.24, 2.45) is 27.3 Å². The van der Waals surface area contributed by atoms with E-state index in [2.05, 4.69) is 10.1 Å². The number of nitrogens with two attached hydrogens (primary N) is 3. The summed E-state index contributed by atoms with van der Waals surface area (Å²) in [6.07, 6.45) is 1.76. The van der Waals surface area contributed by atoms with Gasteiger partial charge in [0.15, 0.2) is 17.5 Å². The third kappa shape index (κ3) is 3.92. The smallest absolute Gasteiger partial charge is 0.289 e. The fraction of sp³-hybridized carbons (Fsp3) is 0.214. The van der Waals surface area contributed by atoms with Gasteiger partial charge in [0, 0.05) is 18.1 Å². The van der Waals surface area contributed by atoms with Crippen LogP contribution in [0.3, 0.4) is 0 Å². The van der Waals surface area contributed by atoms with E-state index in [-0.39, 0.29) is 24.3 Å². The van der Waals surface area contributed by atoms with E-state index in [1.165, 1.54) is 0 Å². The molecule has 0 aliphatic carbocycles. The third-order valence-electron chi connectivity index (χ3n) is 3.14. The minimum atomic E-state index is -0.147. The zero-order valence-electron chi connectivity index (χ0n) is 13.1. The van der Waals surface area contributed by atoms with Gasteiger partial charge in [0.25, 0.3) is 5.96 Å². The van der Waals surface area contributed by atoms with E-state index >= 15 is 0 Å². The number of aromatic nitrogens is 1. The largest absolute Gasteiger partial charge is 1.00 e. The van der Waals surface area contributed by atoms with Crippen LogP contribution in [-0.2, 0) is 0 Å². The van der Waals surface area contributed by atoms with Gasteiger partial charge >= 0.3 is 0 Å². The predicted octanol–water partition coefficient (Wildman–Crippen LogP) is -3.19. The standard InChI is InChI=1S/C14H19N6O2.ClH/c1-8-10-7-12(22-3)11(21-2)6-9(10)4-5-20(8)19-14(17)18-13(15)16;/h4-7H,1-3H3,(H6,15,16,17,18,19);1H/q+1;/p-1. The lowest BCUT2D eigenvalue weighted by molar-refractivity contribution is -0.683. The molecule has 0 bridgehead atoms. The fourth-order valence-electron chi connectivity index (χ4n) is 2.11. The molecule has 0 saturated carbocycles. The van der Waals surface area contributed by atoms with E-state index in [1.54, 1.807) is 25.1 Å². The second kappa shape index (κ2) is 7.50. The van der Waals surface area contributed by atoms with Gasteiger partial charge in [-0.15, -0.1) is 0 Å². The van der Waals surface area contributed by atoms with E-state index in [0.29, 0.717) is 11.5 Å². The minimum Gasteiger partial charge on any atom is -1.00 e. The molecule has 0 fully saturated rings. The second-order valence-corrected chi connectivity index (χ2v) is 4.54. The van der Waals surface area contributed by atoms with Gasteiger partial charge in [0.2, 0.25) is 11.9 Å². The molecule has 0 spiro atoms. The number of pyridine rings is 1. The van der Waals surface area contributed by atoms with Gasteiger partial charge < -0.3 is 39.1 Å². The Kier molecular flexibility index (Phi) is 5.97. The van der Waals surface area contributed by atoms with Crippen LogP contribution < -0.4 is 43.8 Å². The molecule has 1 heterocycles. The molecule has 0 amide bonds. The maximum absolute atomic E-state index is 5.66. The maximum Gasteiger partial charge on any atom is 0.289 e. The molecule has 2 aromatic rings. The summed E-state index contributed by atoms with van der Waals surface area (Å²) < 4.78 is 12.2. The molecule has 0 saturated heterocycles. The summed E-state index contributed by atoms with van der Waals surface area (Å²) in [5, 5.41) is 6.07. The van der Waals surface area contributed by atoms with Crippen molar-refractivity contribution in [1.29, 1.82) is 0 Å². The van der Waals surface area contributed by atoms with Crippen molar-refractivity contribution >= 4 is 22.7 Å². The van der Waals surface area contributed by atoms with Crippen molar-refractivity contribution in [2.45, 2.75) is 6.92 Å². The number of guanidine groups is 2. The molecule has 1 aromatic heterocycles. The number of methoxy groups -OCH3 is 2. The Hall–Kier alpha value is -2.74. The highest BCUT2D eigenvalue weighted by Crippen LogP contribution is 2.32. The number of rotatable bonds is 3. The molecule has 0 radical (unpaired) electrons. The summed E-state index contributed by atoms with van der Waals surface area (Å²) in [6, 6.07) is 5.66. The van der Waals surface area contributed by atoms with Crippen LogP contribution in [0.5, 0.6) is 11.5 Å². The van der Waals surface area contributed by atoms with Gasteiger partial charge in [-0.25, -0.2) is 0 Å². The first-order chi connectivity index (χ1) is 10.5. The molecule has 23 heavy (non-hydrogen) atoms. The normalized spacial score (nSPS) is 10.8. The number of fused-ring (bicyclic) bond motifs is 1. The van der Waals surface area contributed by atoms with Crippen LogP contribution in [0, 0.1) is 6.92 Å². The van der Waals surface area contributed by atoms with Gasteiger partial charge in [0.1, 0.15) is 0 Å². The molecular weight excluding hydrogens is 320 g/mol. The Labute approximate surface area is 140 Å². The number of hydrogen-bond acceptors (Lipinski definition) is 3. The van der Waals surface area contributed by atoms with Crippen molar-refractivity contribution in [3.63, 3.8) is 0 Å². The van der Waals surface area contributed by atoms with E-state index < -0.39 is 0 Å². The van der Waals surface area contributed by atoms with E-state index in [1.807, 2.05) is 25.1 Å². The molecule has 0 aliphatic heterocycles. The monoisotopic (exact) mass is 338 g/mol. The fourth-order valence-corrected chi connectivity index (χ4v) is 2.11. The topological polar surface area (TPSA) is 125 Å². The number of aryl methyl sites for hydroxylation is 1. The van der Waals surface area contributed by atoms with Gasteiger partial charge in [-0.1, -0.05) is 4.68 Å². The van der Waals surface area contributed by atoms with Gasteiger partial charge in [-0.05, 0) is 17.5 Å².